The number of hydrogen-bond donors (Lipinski definition) is 0. The van der Waals surface area contributed by atoms with Crippen molar-refractivity contribution in [3.63, 3.8) is 0 Å². The van der Waals surface area contributed by atoms with E-state index < -0.39 is 0 Å². The van der Waals surface area contributed by atoms with Crippen LogP contribution in [0.15, 0.2) is 95.0 Å². The fourth-order valence-corrected chi connectivity index (χ4v) is 4.52. The zero-order valence-electron chi connectivity index (χ0n) is 21.6. The van der Waals surface area contributed by atoms with Crippen LogP contribution in [0.3, 0.4) is 0 Å². The highest BCUT2D eigenvalue weighted by Gasteiger charge is 2.18. The number of ether oxygens (including phenoxy) is 1. The molecule has 0 aliphatic heterocycles. The molecule has 2 heterocycles. The average Bonchev–Trinajstić information content (AvgIpc) is 3.37. The standard InChI is InChI=1S/C31H30N4O2/c1-5-37-29-18-22(4)27(19-26(29)21(2)3)30-33-28-16-10-9-15-25(28)31(36)35(30)32-20-24-14-11-17-34(24)23-12-7-6-8-13-23/h6-21H,5H2,1-4H3. The largest absolute Gasteiger partial charge is 0.494 e. The van der Waals surface area contributed by atoms with Gasteiger partial charge in [-0.3, -0.25) is 4.79 Å². The lowest BCUT2D eigenvalue weighted by atomic mass is 9.96. The highest BCUT2D eigenvalue weighted by atomic mass is 16.5. The molecule has 5 aromatic rings. The first-order valence-electron chi connectivity index (χ1n) is 12.5. The normalized spacial score (nSPS) is 11.6. The van der Waals surface area contributed by atoms with Gasteiger partial charge in [-0.1, -0.05) is 44.2 Å². The first-order valence-corrected chi connectivity index (χ1v) is 12.5. The topological polar surface area (TPSA) is 61.4 Å². The summed E-state index contributed by atoms with van der Waals surface area (Å²) in [5, 5.41) is 5.22. The summed E-state index contributed by atoms with van der Waals surface area (Å²) in [7, 11) is 0. The highest BCUT2D eigenvalue weighted by molar-refractivity contribution is 5.82. The smallest absolute Gasteiger partial charge is 0.282 e. The molecule has 0 amide bonds. The maximum atomic E-state index is 13.7. The van der Waals surface area contributed by atoms with E-state index in [2.05, 4.69) is 19.9 Å². The second-order valence-electron chi connectivity index (χ2n) is 9.25. The molecule has 0 aliphatic carbocycles. The molecule has 6 heteroatoms. The van der Waals surface area contributed by atoms with Crippen LogP contribution in [0.4, 0.5) is 0 Å². The van der Waals surface area contributed by atoms with E-state index in [1.165, 1.54) is 4.68 Å². The monoisotopic (exact) mass is 490 g/mol. The number of fused-ring (bicyclic) bond motifs is 1. The van der Waals surface area contributed by atoms with Gasteiger partial charge in [0.2, 0.25) is 0 Å². The Hall–Kier alpha value is -4.45. The van der Waals surface area contributed by atoms with Gasteiger partial charge in [-0.05, 0) is 79.4 Å². The molecule has 0 spiro atoms. The van der Waals surface area contributed by atoms with Crippen LogP contribution < -0.4 is 10.3 Å². The van der Waals surface area contributed by atoms with Crippen LogP contribution in [0.5, 0.6) is 5.75 Å². The van der Waals surface area contributed by atoms with Crippen LogP contribution >= 0.6 is 0 Å². The second kappa shape index (κ2) is 10.3. The average molecular weight is 491 g/mol. The Balaban J connectivity index is 1.71. The zero-order valence-corrected chi connectivity index (χ0v) is 21.6. The number of aromatic nitrogens is 3. The fourth-order valence-electron chi connectivity index (χ4n) is 4.52. The third kappa shape index (κ3) is 4.70. The van der Waals surface area contributed by atoms with Crippen LogP contribution in [0.1, 0.15) is 43.5 Å². The van der Waals surface area contributed by atoms with E-state index in [0.717, 1.165) is 33.8 Å². The minimum absolute atomic E-state index is 0.214. The molecule has 0 unspecified atom stereocenters. The zero-order chi connectivity index (χ0) is 25.9. The molecule has 0 fully saturated rings. The Morgan fingerprint density at radius 1 is 1.00 bits per heavy atom. The first kappa shape index (κ1) is 24.3. The van der Waals surface area contributed by atoms with Gasteiger partial charge in [0.15, 0.2) is 5.82 Å². The van der Waals surface area contributed by atoms with E-state index in [1.54, 1.807) is 12.3 Å². The van der Waals surface area contributed by atoms with E-state index in [9.17, 15) is 4.79 Å². The van der Waals surface area contributed by atoms with Crippen molar-refractivity contribution < 1.29 is 4.74 Å². The van der Waals surface area contributed by atoms with E-state index in [-0.39, 0.29) is 11.5 Å². The Labute approximate surface area is 216 Å². The molecule has 0 saturated carbocycles. The van der Waals surface area contributed by atoms with Crippen molar-refractivity contribution in [2.45, 2.75) is 33.6 Å². The van der Waals surface area contributed by atoms with Crippen LogP contribution in [0.2, 0.25) is 0 Å². The fraction of sp³-hybridized carbons (Fsp3) is 0.194. The Kier molecular flexibility index (Phi) is 6.73. The van der Waals surface area contributed by atoms with Gasteiger partial charge in [-0.25, -0.2) is 4.98 Å². The molecule has 0 atom stereocenters. The summed E-state index contributed by atoms with van der Waals surface area (Å²) in [4.78, 5) is 18.6. The molecule has 0 radical (unpaired) electrons. The quantitative estimate of drug-likeness (QED) is 0.243. The minimum Gasteiger partial charge on any atom is -0.494 e. The van der Waals surface area contributed by atoms with E-state index in [0.29, 0.717) is 23.3 Å². The van der Waals surface area contributed by atoms with Crippen molar-refractivity contribution in [2.75, 3.05) is 6.61 Å². The molecule has 6 nitrogen and oxygen atoms in total. The molecule has 0 N–H and O–H groups in total. The lowest BCUT2D eigenvalue weighted by Gasteiger charge is -2.18. The molecule has 0 bridgehead atoms. The van der Waals surface area contributed by atoms with Gasteiger partial charge in [0.25, 0.3) is 5.56 Å². The molecule has 0 aliphatic rings. The number of hydrogen-bond acceptors (Lipinski definition) is 4. The predicted molar refractivity (Wildman–Crippen MR) is 150 cm³/mol. The molecule has 5 rings (SSSR count). The van der Waals surface area contributed by atoms with Crippen LogP contribution in [0, 0.1) is 6.92 Å². The summed E-state index contributed by atoms with van der Waals surface area (Å²) in [6, 6.07) is 25.5. The number of nitrogens with zero attached hydrogens (tertiary/aromatic N) is 4. The molecular weight excluding hydrogens is 460 g/mol. The lowest BCUT2D eigenvalue weighted by molar-refractivity contribution is 0.335. The summed E-state index contributed by atoms with van der Waals surface area (Å²) < 4.78 is 9.37. The molecule has 37 heavy (non-hydrogen) atoms. The SMILES string of the molecule is CCOc1cc(C)c(-c2nc3ccccc3c(=O)n2N=Cc2cccn2-c2ccccc2)cc1C(C)C. The maximum Gasteiger partial charge on any atom is 0.282 e. The third-order valence-corrected chi connectivity index (χ3v) is 6.39. The third-order valence-electron chi connectivity index (χ3n) is 6.39. The number of para-hydroxylation sites is 2. The summed E-state index contributed by atoms with van der Waals surface area (Å²) >= 11 is 0. The van der Waals surface area contributed by atoms with Gasteiger partial charge in [0, 0.05) is 17.4 Å². The van der Waals surface area contributed by atoms with Gasteiger partial charge in [-0.15, -0.1) is 0 Å². The van der Waals surface area contributed by atoms with Crippen molar-refractivity contribution in [1.82, 2.24) is 14.2 Å². The van der Waals surface area contributed by atoms with Crippen LogP contribution in [0.25, 0.3) is 28.0 Å². The van der Waals surface area contributed by atoms with Crippen molar-refractivity contribution >= 4 is 17.1 Å². The number of rotatable bonds is 7. The maximum absolute atomic E-state index is 13.7. The summed E-state index contributed by atoms with van der Waals surface area (Å²) in [6.45, 7) is 8.85. The lowest BCUT2D eigenvalue weighted by Crippen LogP contribution is -2.21. The van der Waals surface area contributed by atoms with Gasteiger partial charge in [0.1, 0.15) is 5.75 Å². The Morgan fingerprint density at radius 2 is 1.76 bits per heavy atom. The number of benzene rings is 3. The second-order valence-corrected chi connectivity index (χ2v) is 9.25. The van der Waals surface area contributed by atoms with Gasteiger partial charge < -0.3 is 9.30 Å². The first-order chi connectivity index (χ1) is 18.0. The Morgan fingerprint density at radius 3 is 2.51 bits per heavy atom. The van der Waals surface area contributed by atoms with Crippen molar-refractivity contribution in [3.8, 4) is 22.8 Å². The van der Waals surface area contributed by atoms with Crippen molar-refractivity contribution in [2.24, 2.45) is 5.10 Å². The minimum atomic E-state index is -0.214. The molecule has 0 saturated heterocycles. The van der Waals surface area contributed by atoms with Crippen molar-refractivity contribution in [3.05, 3.63) is 112 Å². The highest BCUT2D eigenvalue weighted by Crippen LogP contribution is 2.34. The van der Waals surface area contributed by atoms with Gasteiger partial charge in [0.05, 0.1) is 29.4 Å². The van der Waals surface area contributed by atoms with Gasteiger partial charge in [-0.2, -0.15) is 9.78 Å². The number of aryl methyl sites for hydroxylation is 1. The summed E-state index contributed by atoms with van der Waals surface area (Å²) in [6.07, 6.45) is 3.69. The van der Waals surface area contributed by atoms with E-state index in [1.807, 2.05) is 91.3 Å². The van der Waals surface area contributed by atoms with Crippen LogP contribution in [-0.2, 0) is 0 Å². The molecule has 2 aromatic heterocycles. The molecule has 186 valence electrons. The van der Waals surface area contributed by atoms with E-state index >= 15 is 0 Å². The van der Waals surface area contributed by atoms with Crippen LogP contribution in [-0.4, -0.2) is 27.0 Å². The van der Waals surface area contributed by atoms with Crippen molar-refractivity contribution in [1.29, 1.82) is 0 Å². The summed E-state index contributed by atoms with van der Waals surface area (Å²) in [5.41, 5.74) is 5.18. The molecular formula is C31H30N4O2. The van der Waals surface area contributed by atoms with E-state index in [4.69, 9.17) is 14.8 Å². The Bertz CT molecular complexity index is 1650. The predicted octanol–water partition coefficient (Wildman–Crippen LogP) is 6.57. The molecule has 3 aromatic carbocycles. The summed E-state index contributed by atoms with van der Waals surface area (Å²) in [5.74, 6) is 1.59. The van der Waals surface area contributed by atoms with Gasteiger partial charge >= 0.3 is 0 Å².